The van der Waals surface area contributed by atoms with Crippen molar-refractivity contribution in [3.05, 3.63) is 91.0 Å². The SMILES string of the molecule is CCCCCCCCCCCCCCCCC(=O)OC[C@@H](COP(=O)(O)OCCN)OC(=O)CCCCCCCCNCCOc1ccc2c(c1)-c1nc-2nc2[nH]c(nc3nc(nc4[nH]c(n1)c1ccccc41)-c1ccccc1-3)c1ccccc21. The molecule has 9 rings (SSSR count). The summed E-state index contributed by atoms with van der Waals surface area (Å²) in [5.41, 5.74) is 11.3. The predicted molar refractivity (Wildman–Crippen MR) is 333 cm³/mol. The Morgan fingerprint density at radius 1 is 0.518 bits per heavy atom. The van der Waals surface area contributed by atoms with Crippen LogP contribution in [0.25, 0.3) is 89.7 Å². The third-order valence-corrected chi connectivity index (χ3v) is 16.3. The maximum Gasteiger partial charge on any atom is 0.472 e. The summed E-state index contributed by atoms with van der Waals surface area (Å²) >= 11 is 0. The average molecular weight is 1180 g/mol. The number of unbranched alkanes of at least 4 members (excludes halogenated alkanes) is 18. The number of esters is 2. The normalized spacial score (nSPS) is 12.9. The number of phosphoric ester groups is 1. The molecule has 0 aliphatic carbocycles. The third kappa shape index (κ3) is 18.3. The summed E-state index contributed by atoms with van der Waals surface area (Å²) in [6.07, 6.45) is 21.8. The molecule has 3 aromatic heterocycles. The van der Waals surface area contributed by atoms with E-state index in [1.54, 1.807) is 0 Å². The Kier molecular flexibility index (Phi) is 23.9. The number of aromatic nitrogens is 8. The summed E-state index contributed by atoms with van der Waals surface area (Å²) in [5.74, 6) is 1.89. The molecular formula is C65H83N10O9P. The first kappa shape index (κ1) is 62.5. The molecule has 1 unspecified atom stereocenters. The molecule has 0 spiro atoms. The van der Waals surface area contributed by atoms with Gasteiger partial charge >= 0.3 is 19.8 Å². The second-order valence-corrected chi connectivity index (χ2v) is 23.4. The first-order chi connectivity index (χ1) is 41.7. The molecule has 0 radical (unpaired) electrons. The van der Waals surface area contributed by atoms with Crippen molar-refractivity contribution in [3.8, 4) is 51.3 Å². The molecule has 2 atom stereocenters. The van der Waals surface area contributed by atoms with Crippen LogP contribution in [0, 0.1) is 0 Å². The number of benzene rings is 4. The lowest BCUT2D eigenvalue weighted by atomic mass is 10.0. The number of nitrogens with one attached hydrogen (secondary N) is 3. The fraction of sp³-hybridized carbons (Fsp3) is 0.477. The number of ether oxygens (including phenoxy) is 3. The molecule has 6 N–H and O–H groups in total. The van der Waals surface area contributed by atoms with E-state index in [-0.39, 0.29) is 32.6 Å². The minimum Gasteiger partial charge on any atom is -0.492 e. The highest BCUT2D eigenvalue weighted by atomic mass is 31.2. The number of nitrogens with zero attached hydrogens (tertiary/aromatic N) is 6. The summed E-state index contributed by atoms with van der Waals surface area (Å²) in [5, 5.41) is 7.09. The first-order valence-corrected chi connectivity index (χ1v) is 32.4. The lowest BCUT2D eigenvalue weighted by Crippen LogP contribution is -2.29. The Labute approximate surface area is 497 Å². The smallest absolute Gasteiger partial charge is 0.472 e. The van der Waals surface area contributed by atoms with Crippen LogP contribution in [0.2, 0.25) is 0 Å². The minimum absolute atomic E-state index is 0.0250. The van der Waals surface area contributed by atoms with E-state index in [0.717, 1.165) is 102 Å². The van der Waals surface area contributed by atoms with Crippen molar-refractivity contribution in [1.29, 1.82) is 0 Å². The molecule has 85 heavy (non-hydrogen) atoms. The Bertz CT molecular complexity index is 3530. The number of nitrogens with two attached hydrogens (primary N) is 1. The van der Waals surface area contributed by atoms with E-state index >= 15 is 0 Å². The van der Waals surface area contributed by atoms with E-state index in [0.29, 0.717) is 77.6 Å². The van der Waals surface area contributed by atoms with Gasteiger partial charge in [0.1, 0.15) is 41.6 Å². The minimum atomic E-state index is -4.44. The molecular weight excluding hydrogens is 1100 g/mol. The molecule has 5 heterocycles. The van der Waals surface area contributed by atoms with Crippen LogP contribution in [0.1, 0.15) is 148 Å². The Balaban J connectivity index is 0.705. The molecule has 8 bridgehead atoms. The molecule has 0 fully saturated rings. The Hall–Kier alpha value is -6.99. The van der Waals surface area contributed by atoms with Crippen LogP contribution in [0.15, 0.2) is 91.0 Å². The molecule has 20 heteroatoms. The summed E-state index contributed by atoms with van der Waals surface area (Å²) < 4.78 is 39.5. The van der Waals surface area contributed by atoms with E-state index in [2.05, 4.69) is 22.2 Å². The van der Waals surface area contributed by atoms with Crippen LogP contribution in [-0.2, 0) is 32.7 Å². The van der Waals surface area contributed by atoms with E-state index in [9.17, 15) is 19.0 Å². The van der Waals surface area contributed by atoms with Gasteiger partial charge in [0.2, 0.25) is 0 Å². The van der Waals surface area contributed by atoms with Crippen LogP contribution < -0.4 is 15.8 Å². The number of hydrogen-bond acceptors (Lipinski definition) is 16. The zero-order valence-electron chi connectivity index (χ0n) is 49.2. The maximum atomic E-state index is 12.9. The summed E-state index contributed by atoms with van der Waals surface area (Å²) in [7, 11) is -4.44. The van der Waals surface area contributed by atoms with Gasteiger partial charge in [0, 0.05) is 69.7 Å². The monoisotopic (exact) mass is 1180 g/mol. The molecule has 2 aliphatic rings. The summed E-state index contributed by atoms with van der Waals surface area (Å²) in [6.45, 7) is 3.27. The predicted octanol–water partition coefficient (Wildman–Crippen LogP) is 14.0. The van der Waals surface area contributed by atoms with Crippen molar-refractivity contribution < 1.29 is 42.3 Å². The van der Waals surface area contributed by atoms with Crippen molar-refractivity contribution in [1.82, 2.24) is 45.2 Å². The molecule has 0 saturated carbocycles. The Morgan fingerprint density at radius 3 is 1.47 bits per heavy atom. The molecule has 2 aliphatic heterocycles. The second-order valence-electron chi connectivity index (χ2n) is 22.0. The fourth-order valence-corrected chi connectivity index (χ4v) is 11.5. The topological polar surface area (TPSA) is 265 Å². The quantitative estimate of drug-likeness (QED) is 0.0138. The number of carbonyl (C=O) groups is 2. The van der Waals surface area contributed by atoms with Gasteiger partial charge in [0.25, 0.3) is 0 Å². The van der Waals surface area contributed by atoms with Crippen molar-refractivity contribution >= 4 is 63.9 Å². The third-order valence-electron chi connectivity index (χ3n) is 15.3. The van der Waals surface area contributed by atoms with Gasteiger partial charge in [0.05, 0.1) is 13.2 Å². The maximum absolute atomic E-state index is 12.9. The highest BCUT2D eigenvalue weighted by molar-refractivity contribution is 7.47. The molecule has 19 nitrogen and oxygen atoms in total. The highest BCUT2D eigenvalue weighted by Crippen LogP contribution is 2.43. The molecule has 4 aromatic carbocycles. The zero-order chi connectivity index (χ0) is 59.1. The van der Waals surface area contributed by atoms with Gasteiger partial charge in [0.15, 0.2) is 29.4 Å². The number of H-pyrrole nitrogens is 2. The standard InChI is InChI=1S/C65H83N10O9P/c1-2-3-4-5-6-7-8-9-10-11-12-13-16-19-34-56(76)81-44-47(45-83-85(78,79)82-41-38-66)84-57(77)35-20-17-14-15-18-27-39-67-40-42-80-46-36-37-54-55(43-46)65-74-63-53-33-26-25-32-52(53)61(72-63)70-59-49-29-22-21-28-48(49)58(68-59)69-60-50-30-23-24-31-51(50)62(71-60)73-64(54)75-65/h21-26,28-33,36-37,43,47,67H,2-20,27,34-35,38-42,44-45,66H2,1H3,(H,78,79)(H2,68,69,70,71,72,73,74,75)/t47-/m0/s1. The van der Waals surface area contributed by atoms with Crippen LogP contribution >= 0.6 is 7.82 Å². The van der Waals surface area contributed by atoms with Crippen LogP contribution in [-0.4, -0.2) is 109 Å². The number of rotatable bonds is 37. The second kappa shape index (κ2) is 32.5. The van der Waals surface area contributed by atoms with Gasteiger partial charge in [-0.2, -0.15) is 0 Å². The van der Waals surface area contributed by atoms with E-state index < -0.39 is 32.5 Å². The first-order valence-electron chi connectivity index (χ1n) is 30.9. The lowest BCUT2D eigenvalue weighted by Gasteiger charge is -2.19. The lowest BCUT2D eigenvalue weighted by molar-refractivity contribution is -0.161. The van der Waals surface area contributed by atoms with E-state index in [1.165, 1.54) is 64.2 Å². The number of carbonyl (C=O) groups excluding carboxylic acids is 2. The van der Waals surface area contributed by atoms with E-state index in [1.807, 2.05) is 91.0 Å². The van der Waals surface area contributed by atoms with E-state index in [4.69, 9.17) is 58.9 Å². The number of hydrogen-bond donors (Lipinski definition) is 5. The van der Waals surface area contributed by atoms with Crippen LogP contribution in [0.3, 0.4) is 0 Å². The molecule has 7 aromatic rings. The molecule has 0 amide bonds. The van der Waals surface area contributed by atoms with Crippen molar-refractivity contribution in [2.45, 2.75) is 154 Å². The molecule has 452 valence electrons. The number of phosphoric acid groups is 1. The highest BCUT2D eigenvalue weighted by Gasteiger charge is 2.27. The summed E-state index contributed by atoms with van der Waals surface area (Å²) in [4.78, 5) is 73.0. The summed E-state index contributed by atoms with van der Waals surface area (Å²) in [6, 6.07) is 29.9. The number of fused-ring (bicyclic) bond motifs is 20. The average Bonchev–Trinajstić information content (AvgIpc) is 4.46. The molecule has 0 saturated heterocycles. The van der Waals surface area contributed by atoms with Gasteiger partial charge in [-0.3, -0.25) is 18.6 Å². The van der Waals surface area contributed by atoms with Gasteiger partial charge < -0.3 is 40.1 Å². The van der Waals surface area contributed by atoms with Crippen molar-refractivity contribution in [3.63, 3.8) is 0 Å². The Morgan fingerprint density at radius 2 is 0.965 bits per heavy atom. The van der Waals surface area contributed by atoms with Crippen molar-refractivity contribution in [2.75, 3.05) is 46.1 Å². The van der Waals surface area contributed by atoms with Crippen LogP contribution in [0.4, 0.5) is 0 Å². The van der Waals surface area contributed by atoms with Gasteiger partial charge in [-0.25, -0.2) is 34.5 Å². The van der Waals surface area contributed by atoms with Gasteiger partial charge in [-0.15, -0.1) is 0 Å². The van der Waals surface area contributed by atoms with Gasteiger partial charge in [-0.05, 0) is 44.0 Å². The zero-order valence-corrected chi connectivity index (χ0v) is 50.1. The van der Waals surface area contributed by atoms with Crippen molar-refractivity contribution in [2.24, 2.45) is 5.73 Å². The largest absolute Gasteiger partial charge is 0.492 e. The fourth-order valence-electron chi connectivity index (χ4n) is 10.8. The van der Waals surface area contributed by atoms with Gasteiger partial charge in [-0.1, -0.05) is 189 Å². The number of aromatic amines is 2. The van der Waals surface area contributed by atoms with Crippen LogP contribution in [0.5, 0.6) is 5.75 Å².